The molecule has 2 atom stereocenters. The Morgan fingerprint density at radius 1 is 1.46 bits per heavy atom. The van der Waals surface area contributed by atoms with Crippen molar-refractivity contribution in [3.8, 4) is 5.75 Å². The molecule has 2 aliphatic rings. The Morgan fingerprint density at radius 3 is 3.12 bits per heavy atom. The molecule has 1 aromatic heterocycles. The molecule has 2 aliphatic heterocycles. The van der Waals surface area contributed by atoms with Crippen LogP contribution < -0.4 is 4.74 Å². The molecule has 0 radical (unpaired) electrons. The number of nitrogens with zero attached hydrogens (tertiary/aromatic N) is 2. The number of para-hydroxylation sites is 1. The first-order valence-electron chi connectivity index (χ1n) is 9.32. The molecule has 1 unspecified atom stereocenters. The summed E-state index contributed by atoms with van der Waals surface area (Å²) in [6.07, 6.45) is 5.10. The minimum Gasteiger partial charge on any atom is -0.492 e. The number of aliphatic carboxylic acids is 1. The van der Waals surface area contributed by atoms with Gasteiger partial charge < -0.3 is 14.8 Å². The van der Waals surface area contributed by atoms with Gasteiger partial charge in [0.25, 0.3) is 0 Å². The number of unbranched alkanes of at least 4 members (excludes halogenated alkanes) is 1. The van der Waals surface area contributed by atoms with Crippen molar-refractivity contribution in [3.63, 3.8) is 0 Å². The normalized spacial score (nSPS) is 24.7. The van der Waals surface area contributed by atoms with Gasteiger partial charge in [-0.25, -0.2) is 4.98 Å². The van der Waals surface area contributed by atoms with Gasteiger partial charge in [-0.3, -0.25) is 9.69 Å². The van der Waals surface area contributed by atoms with Gasteiger partial charge in [-0.1, -0.05) is 31.5 Å². The molecule has 1 fully saturated rings. The third-order valence-electron chi connectivity index (χ3n) is 5.66. The van der Waals surface area contributed by atoms with Crippen molar-refractivity contribution in [1.29, 1.82) is 0 Å². The zero-order valence-corrected chi connectivity index (χ0v) is 15.1. The summed E-state index contributed by atoms with van der Waals surface area (Å²) in [7, 11) is 0. The number of carboxylic acids is 1. The van der Waals surface area contributed by atoms with Crippen LogP contribution >= 0.6 is 0 Å². The number of nitrogens with one attached hydrogen (secondary N) is 1. The molecule has 6 heteroatoms. The van der Waals surface area contributed by atoms with Gasteiger partial charge in [-0.2, -0.15) is 0 Å². The first-order valence-corrected chi connectivity index (χ1v) is 9.32. The van der Waals surface area contributed by atoms with Crippen LogP contribution in [0.1, 0.15) is 42.8 Å². The van der Waals surface area contributed by atoms with Crippen LogP contribution in [-0.2, 0) is 17.8 Å². The van der Waals surface area contributed by atoms with Crippen LogP contribution in [0.5, 0.6) is 5.75 Å². The molecule has 0 aliphatic carbocycles. The van der Waals surface area contributed by atoms with E-state index >= 15 is 0 Å². The van der Waals surface area contributed by atoms with E-state index in [9.17, 15) is 9.90 Å². The molecule has 0 spiro atoms. The predicted octanol–water partition coefficient (Wildman–Crippen LogP) is 2.82. The Bertz CT molecular complexity index is 803. The van der Waals surface area contributed by atoms with E-state index in [4.69, 9.17) is 4.74 Å². The molecule has 4 rings (SSSR count). The number of aromatic nitrogens is 2. The second kappa shape index (κ2) is 6.76. The van der Waals surface area contributed by atoms with Gasteiger partial charge in [0.05, 0.1) is 0 Å². The Kier molecular flexibility index (Phi) is 4.44. The highest BCUT2D eigenvalue weighted by molar-refractivity contribution is 5.78. The number of fused-ring (bicyclic) bond motifs is 3. The van der Waals surface area contributed by atoms with Crippen LogP contribution in [0.2, 0.25) is 0 Å². The molecule has 1 saturated heterocycles. The maximum Gasteiger partial charge on any atom is 0.315 e. The largest absolute Gasteiger partial charge is 0.492 e. The maximum absolute atomic E-state index is 12.2. The number of aryl methyl sites for hydroxylation is 1. The Balaban J connectivity index is 1.54. The molecule has 0 saturated carbocycles. The Labute approximate surface area is 153 Å². The number of hydrogen-bond donors (Lipinski definition) is 2. The summed E-state index contributed by atoms with van der Waals surface area (Å²) in [4.78, 5) is 22.2. The molecule has 0 amide bonds. The van der Waals surface area contributed by atoms with Crippen LogP contribution in [-0.4, -0.2) is 45.6 Å². The van der Waals surface area contributed by atoms with Gasteiger partial charge in [0, 0.05) is 43.9 Å². The van der Waals surface area contributed by atoms with E-state index < -0.39 is 11.4 Å². The van der Waals surface area contributed by atoms with E-state index in [1.165, 1.54) is 0 Å². The molecule has 1 aromatic carbocycles. The predicted molar refractivity (Wildman–Crippen MR) is 97.2 cm³/mol. The molecule has 3 heterocycles. The number of rotatable bonds is 6. The average molecular weight is 355 g/mol. The lowest BCUT2D eigenvalue weighted by Gasteiger charge is -2.35. The number of likely N-dealkylation sites (tertiary alicyclic amines) is 1. The fraction of sp³-hybridized carbons (Fsp3) is 0.500. The van der Waals surface area contributed by atoms with Gasteiger partial charge in [0.1, 0.15) is 23.6 Å². The molecule has 2 N–H and O–H groups in total. The first-order chi connectivity index (χ1) is 12.6. The van der Waals surface area contributed by atoms with Crippen molar-refractivity contribution in [2.45, 2.75) is 38.6 Å². The molecule has 0 bridgehead atoms. The number of aromatic amines is 1. The van der Waals surface area contributed by atoms with E-state index in [-0.39, 0.29) is 12.5 Å². The summed E-state index contributed by atoms with van der Waals surface area (Å²) in [5.41, 5.74) is 1.18. The Morgan fingerprint density at radius 2 is 2.31 bits per heavy atom. The van der Waals surface area contributed by atoms with Crippen LogP contribution in [0.15, 0.2) is 30.5 Å². The number of carboxylic acid groups (broad SMARTS) is 1. The van der Waals surface area contributed by atoms with Gasteiger partial charge in [-0.05, 0) is 18.1 Å². The molecule has 26 heavy (non-hydrogen) atoms. The lowest BCUT2D eigenvalue weighted by Crippen LogP contribution is -2.45. The van der Waals surface area contributed by atoms with Crippen molar-refractivity contribution in [2.24, 2.45) is 5.41 Å². The fourth-order valence-corrected chi connectivity index (χ4v) is 4.25. The molecule has 2 aromatic rings. The van der Waals surface area contributed by atoms with Crippen molar-refractivity contribution >= 4 is 5.97 Å². The summed E-state index contributed by atoms with van der Waals surface area (Å²) in [6.45, 7) is 4.29. The van der Waals surface area contributed by atoms with Gasteiger partial charge in [0.2, 0.25) is 0 Å². The number of carbonyl (C=O) groups is 1. The van der Waals surface area contributed by atoms with Crippen LogP contribution in [0.3, 0.4) is 0 Å². The fourth-order valence-electron chi connectivity index (χ4n) is 4.25. The minimum absolute atomic E-state index is 0.0487. The topological polar surface area (TPSA) is 78.5 Å². The average Bonchev–Trinajstić information content (AvgIpc) is 3.25. The van der Waals surface area contributed by atoms with E-state index in [0.29, 0.717) is 13.1 Å². The summed E-state index contributed by atoms with van der Waals surface area (Å²) < 4.78 is 5.82. The molecule has 138 valence electrons. The quantitative estimate of drug-likeness (QED) is 0.833. The number of hydrogen-bond acceptors (Lipinski definition) is 4. The van der Waals surface area contributed by atoms with E-state index in [2.05, 4.69) is 21.8 Å². The summed E-state index contributed by atoms with van der Waals surface area (Å²) in [5.74, 6) is 1.01. The summed E-state index contributed by atoms with van der Waals surface area (Å²) in [5, 5.41) is 9.98. The van der Waals surface area contributed by atoms with Crippen molar-refractivity contribution in [1.82, 2.24) is 14.9 Å². The summed E-state index contributed by atoms with van der Waals surface area (Å²) in [6, 6.07) is 7.82. The molecule has 6 nitrogen and oxygen atoms in total. The second-order valence-electron chi connectivity index (χ2n) is 7.47. The third-order valence-corrected chi connectivity index (χ3v) is 5.66. The van der Waals surface area contributed by atoms with Crippen molar-refractivity contribution in [3.05, 3.63) is 47.5 Å². The lowest BCUT2D eigenvalue weighted by molar-refractivity contribution is -0.151. The van der Waals surface area contributed by atoms with Crippen LogP contribution in [0.25, 0.3) is 0 Å². The van der Waals surface area contributed by atoms with Crippen LogP contribution in [0.4, 0.5) is 0 Å². The summed E-state index contributed by atoms with van der Waals surface area (Å²) >= 11 is 0. The minimum atomic E-state index is -0.876. The maximum atomic E-state index is 12.2. The van der Waals surface area contributed by atoms with Gasteiger partial charge in [0.15, 0.2) is 0 Å². The highest BCUT2D eigenvalue weighted by Crippen LogP contribution is 2.49. The van der Waals surface area contributed by atoms with Crippen LogP contribution in [0, 0.1) is 5.41 Å². The van der Waals surface area contributed by atoms with Gasteiger partial charge in [-0.15, -0.1) is 0 Å². The molecular formula is C20H25N3O3. The monoisotopic (exact) mass is 355 g/mol. The van der Waals surface area contributed by atoms with E-state index in [1.807, 2.05) is 30.5 Å². The number of H-pyrrole nitrogens is 1. The smallest absolute Gasteiger partial charge is 0.315 e. The number of benzene rings is 1. The van der Waals surface area contributed by atoms with E-state index in [0.717, 1.165) is 48.6 Å². The van der Waals surface area contributed by atoms with Gasteiger partial charge >= 0.3 is 5.97 Å². The van der Waals surface area contributed by atoms with Crippen molar-refractivity contribution < 1.29 is 14.6 Å². The Hall–Kier alpha value is -2.34. The lowest BCUT2D eigenvalue weighted by atomic mass is 9.73. The highest BCUT2D eigenvalue weighted by Gasteiger charge is 2.56. The zero-order valence-electron chi connectivity index (χ0n) is 15.1. The number of imidazole rings is 1. The highest BCUT2D eigenvalue weighted by atomic mass is 16.5. The molecular weight excluding hydrogens is 330 g/mol. The van der Waals surface area contributed by atoms with Crippen molar-refractivity contribution in [2.75, 3.05) is 19.7 Å². The zero-order chi connectivity index (χ0) is 18.1. The first kappa shape index (κ1) is 17.1. The SMILES string of the molecule is CCCCc1ncc(CN2CC3c4ccccc4OC[C@]3(C(=O)O)C2)[nH]1. The standard InChI is InChI=1S/C20H25N3O3/c1-2-3-8-18-21-9-14(22-18)10-23-11-16-15-6-4-5-7-17(15)26-13-20(16,12-23)19(24)25/h4-7,9,16H,2-3,8,10-13H2,1H3,(H,21,22)(H,24,25)/t16?,20-/m1/s1. The van der Waals surface area contributed by atoms with E-state index in [1.54, 1.807) is 0 Å². The second-order valence-corrected chi connectivity index (χ2v) is 7.47. The number of ether oxygens (including phenoxy) is 1. The third kappa shape index (κ3) is 2.88.